The maximum atomic E-state index is 11.5. The van der Waals surface area contributed by atoms with Gasteiger partial charge in [0.2, 0.25) is 0 Å². The van der Waals surface area contributed by atoms with E-state index in [9.17, 15) is 14.4 Å². The Balaban J connectivity index is 0.000000399. The number of aldehydes is 3. The number of aromatic nitrogens is 3. The second kappa shape index (κ2) is 32.5. The molecule has 0 aliphatic carbocycles. The molecule has 1 aliphatic rings. The fraction of sp³-hybridized carbons (Fsp3) is 0.130. The summed E-state index contributed by atoms with van der Waals surface area (Å²) in [6.07, 6.45) is 13.4. The molecule has 0 fully saturated rings. The molecule has 308 valence electrons. The summed E-state index contributed by atoms with van der Waals surface area (Å²) in [7, 11) is 0. The van der Waals surface area contributed by atoms with E-state index in [4.69, 9.17) is 4.74 Å². The molecule has 59 heavy (non-hydrogen) atoms. The van der Waals surface area contributed by atoms with Crippen molar-refractivity contribution in [2.75, 3.05) is 13.2 Å². The Bertz CT molecular complexity index is 1950. The third kappa shape index (κ3) is 18.5. The summed E-state index contributed by atoms with van der Waals surface area (Å²) in [6, 6.07) is 47.9. The molecule has 3 aromatic heterocycles. The van der Waals surface area contributed by atoms with Crippen molar-refractivity contribution in [1.82, 2.24) is 20.4 Å². The largest absolute Gasteiger partial charge is 0.412 e. The number of carbonyl (C=O) groups is 3. The van der Waals surface area contributed by atoms with E-state index in [2.05, 4.69) is 73.6 Å². The van der Waals surface area contributed by atoms with Gasteiger partial charge in [0, 0.05) is 44.4 Å². The average molecular weight is 816 g/mol. The number of nitrogens with one attached hydrogen (secondary N) is 1. The van der Waals surface area contributed by atoms with Gasteiger partial charge in [-0.3, -0.25) is 41.0 Å². The van der Waals surface area contributed by atoms with Crippen molar-refractivity contribution >= 4 is 59.7 Å². The van der Waals surface area contributed by atoms with Gasteiger partial charge < -0.3 is 15.6 Å². The first-order valence-electron chi connectivity index (χ1n) is 18.5. The number of nitrogens with two attached hydrogens (primary N) is 2. The van der Waals surface area contributed by atoms with Crippen molar-refractivity contribution in [2.45, 2.75) is 26.3 Å². The molecule has 6 aromatic rings. The Labute approximate surface area is 347 Å². The van der Waals surface area contributed by atoms with Crippen molar-refractivity contribution in [2.24, 2.45) is 16.8 Å². The summed E-state index contributed by atoms with van der Waals surface area (Å²) < 4.78 is 4.83. The maximum Gasteiger partial charge on any atom is 0.168 e. The van der Waals surface area contributed by atoms with E-state index in [1.165, 1.54) is 22.0 Å². The Kier molecular flexibility index (Phi) is 27.9. The number of benzene rings is 3. The van der Waals surface area contributed by atoms with E-state index in [0.29, 0.717) is 5.69 Å². The van der Waals surface area contributed by atoms with Crippen LogP contribution in [-0.2, 0) is 14.3 Å². The van der Waals surface area contributed by atoms with Crippen molar-refractivity contribution in [3.63, 3.8) is 0 Å². The van der Waals surface area contributed by atoms with Gasteiger partial charge in [0.15, 0.2) is 6.29 Å². The molecule has 1 atom stereocenters. The zero-order chi connectivity index (χ0) is 41.9. The van der Waals surface area contributed by atoms with Crippen LogP contribution in [0.2, 0.25) is 0 Å². The summed E-state index contributed by atoms with van der Waals surface area (Å²) in [4.78, 5) is 43.2. The second-order valence-electron chi connectivity index (χ2n) is 11.4. The summed E-state index contributed by atoms with van der Waals surface area (Å²) >= 11 is 0. The van der Waals surface area contributed by atoms with E-state index in [-0.39, 0.29) is 11.5 Å². The highest BCUT2D eigenvalue weighted by atomic mass is 31.2. The van der Waals surface area contributed by atoms with Crippen LogP contribution in [0.3, 0.4) is 0 Å². The van der Waals surface area contributed by atoms with Crippen LogP contribution in [0.4, 0.5) is 0 Å². The molecule has 0 saturated carbocycles. The highest BCUT2D eigenvalue weighted by molar-refractivity contribution is 7.95. The minimum atomic E-state index is -2.05. The van der Waals surface area contributed by atoms with Gasteiger partial charge in [-0.1, -0.05) is 109 Å². The van der Waals surface area contributed by atoms with Crippen LogP contribution in [0.15, 0.2) is 175 Å². The van der Waals surface area contributed by atoms with Crippen LogP contribution in [0.1, 0.15) is 48.2 Å². The first-order valence-corrected chi connectivity index (χ1v) is 20.3. The second-order valence-corrected chi connectivity index (χ2v) is 14.7. The zero-order valence-corrected chi connectivity index (χ0v) is 34.2. The molecule has 13 heteroatoms. The van der Waals surface area contributed by atoms with Gasteiger partial charge >= 0.3 is 0 Å². The van der Waals surface area contributed by atoms with E-state index >= 15 is 0 Å². The number of carbonyl (C=O) groups excluding carboxylic acids is 3. The van der Waals surface area contributed by atoms with Crippen molar-refractivity contribution in [3.8, 4) is 0 Å². The van der Waals surface area contributed by atoms with Crippen LogP contribution < -0.4 is 33.0 Å². The molecular weight excluding hydrogens is 762 g/mol. The molecule has 0 radical (unpaired) electrons. The number of rotatable bonds is 10. The van der Waals surface area contributed by atoms with E-state index in [1.54, 1.807) is 42.9 Å². The molecule has 1 unspecified atom stereocenters. The van der Waals surface area contributed by atoms with E-state index in [1.807, 2.05) is 117 Å². The molecule has 3 aromatic carbocycles. The van der Waals surface area contributed by atoms with Crippen LogP contribution in [0.5, 0.6) is 0 Å². The SMILES string of the molecule is C1=NNC(c2ccccn2)C1.CCOCC.NN.O.O=C/C=C/c1ccccn1.O=CC=P(c1ccccc1)(c1ccccc1)c1ccccc1.O=Cc1ccccn1. The molecule has 7 N–H and O–H groups in total. The minimum Gasteiger partial charge on any atom is -0.412 e. The van der Waals surface area contributed by atoms with Crippen LogP contribution in [-0.4, -0.2) is 64.5 Å². The number of hydrogen-bond acceptors (Lipinski definition) is 11. The molecule has 12 nitrogen and oxygen atoms in total. The monoisotopic (exact) mass is 815 g/mol. The van der Waals surface area contributed by atoms with E-state index in [0.717, 1.165) is 49.9 Å². The Hall–Kier alpha value is -6.53. The Morgan fingerprint density at radius 1 is 0.627 bits per heavy atom. The third-order valence-electron chi connectivity index (χ3n) is 7.73. The maximum absolute atomic E-state index is 11.5. The zero-order valence-electron chi connectivity index (χ0n) is 33.4. The number of ether oxygens (including phenoxy) is 1. The lowest BCUT2D eigenvalue weighted by Gasteiger charge is -2.27. The molecular formula is C46H54N7O5P. The van der Waals surface area contributed by atoms with E-state index < -0.39 is 6.89 Å². The number of nitrogens with zero attached hydrogens (tertiary/aromatic N) is 4. The fourth-order valence-corrected chi connectivity index (χ4v) is 8.69. The lowest BCUT2D eigenvalue weighted by atomic mass is 10.1. The predicted octanol–water partition coefficient (Wildman–Crippen LogP) is 5.31. The van der Waals surface area contributed by atoms with Crippen LogP contribution >= 0.6 is 6.89 Å². The first kappa shape index (κ1) is 50.5. The number of allylic oxidation sites excluding steroid dienone is 1. The molecule has 0 amide bonds. The third-order valence-corrected chi connectivity index (χ3v) is 11.6. The normalized spacial score (nSPS) is 11.8. The highest BCUT2D eigenvalue weighted by Gasteiger charge is 2.24. The molecule has 7 rings (SSSR count). The van der Waals surface area contributed by atoms with Gasteiger partial charge in [0.25, 0.3) is 0 Å². The van der Waals surface area contributed by atoms with Crippen molar-refractivity contribution in [3.05, 3.63) is 187 Å². The standard InChI is InChI=1S/C20H17OP.C8H9N3.C8H7NO.C6H5NO.C4H10O.H4N2.H2O/c21-16-17-22(18-10-4-1-5-11-18,19-12-6-2-7-13-19)20-14-8-3-9-15-20;1-2-5-9-7(3-1)8-4-6-10-11-8;10-7-3-5-8-4-1-2-6-9-8;8-5-6-3-1-2-4-7-6;1-3-5-4-2;1-2;/h1-17H;1-3,5-6,8,11H,4H2;1-7H;1-5H;3-4H2,1-2H3;1-2H2;1H2/b;;5-3+;;;;. The molecule has 0 bridgehead atoms. The van der Waals surface area contributed by atoms with Crippen molar-refractivity contribution < 1.29 is 24.6 Å². The summed E-state index contributed by atoms with van der Waals surface area (Å²) in [5.74, 6) is 9.85. The Morgan fingerprint density at radius 2 is 1.08 bits per heavy atom. The molecule has 0 saturated heterocycles. The fourth-order valence-electron chi connectivity index (χ4n) is 5.17. The van der Waals surface area contributed by atoms with Gasteiger partial charge in [-0.25, -0.2) is 0 Å². The average Bonchev–Trinajstić information content (AvgIpc) is 3.87. The number of hydrazine groups is 1. The van der Waals surface area contributed by atoms with Crippen molar-refractivity contribution in [1.29, 1.82) is 0 Å². The van der Waals surface area contributed by atoms with Crippen LogP contribution in [0, 0.1) is 0 Å². The number of hydrazone groups is 1. The molecule has 0 spiro atoms. The van der Waals surface area contributed by atoms with Gasteiger partial charge in [0.05, 0.1) is 17.4 Å². The minimum absolute atomic E-state index is 0. The smallest absolute Gasteiger partial charge is 0.168 e. The topological polar surface area (TPSA) is 207 Å². The lowest BCUT2D eigenvalue weighted by Crippen LogP contribution is -2.27. The summed E-state index contributed by atoms with van der Waals surface area (Å²) in [5.41, 5.74) is 5.32. The highest BCUT2D eigenvalue weighted by Crippen LogP contribution is 2.43. The van der Waals surface area contributed by atoms with Gasteiger partial charge in [-0.15, -0.1) is 0 Å². The quantitative estimate of drug-likeness (QED) is 0.0534. The van der Waals surface area contributed by atoms with Crippen LogP contribution in [0.25, 0.3) is 6.08 Å². The Morgan fingerprint density at radius 3 is 1.41 bits per heavy atom. The van der Waals surface area contributed by atoms with Gasteiger partial charge in [-0.2, -0.15) is 5.10 Å². The van der Waals surface area contributed by atoms with Gasteiger partial charge in [-0.05, 0) is 91.0 Å². The number of pyridine rings is 3. The van der Waals surface area contributed by atoms with Gasteiger partial charge in [0.1, 0.15) is 18.3 Å². The lowest BCUT2D eigenvalue weighted by molar-refractivity contribution is -0.104. The summed E-state index contributed by atoms with van der Waals surface area (Å²) in [6.45, 7) is 3.62. The summed E-state index contributed by atoms with van der Waals surface area (Å²) in [5, 5.41) is 7.51. The first-order chi connectivity index (χ1) is 28.6. The number of hydrogen-bond donors (Lipinski definition) is 3. The predicted molar refractivity (Wildman–Crippen MR) is 244 cm³/mol. The molecule has 4 heterocycles. The molecule has 1 aliphatic heterocycles.